The van der Waals surface area contributed by atoms with Crippen LogP contribution in [0.2, 0.25) is 0 Å². The van der Waals surface area contributed by atoms with E-state index in [9.17, 15) is 0 Å². The summed E-state index contributed by atoms with van der Waals surface area (Å²) >= 11 is 1.60. The second kappa shape index (κ2) is 10.3. The highest BCUT2D eigenvalue weighted by Gasteiger charge is 2.12. The average Bonchev–Trinajstić information content (AvgIpc) is 3.02. The van der Waals surface area contributed by atoms with Crippen molar-refractivity contribution in [2.24, 2.45) is 0 Å². The van der Waals surface area contributed by atoms with Crippen molar-refractivity contribution in [3.63, 3.8) is 0 Å². The van der Waals surface area contributed by atoms with Gasteiger partial charge in [0.05, 0.1) is 12.3 Å². The molecule has 1 aromatic carbocycles. The van der Waals surface area contributed by atoms with Gasteiger partial charge in [-0.3, -0.25) is 0 Å². The average molecular weight is 349 g/mol. The van der Waals surface area contributed by atoms with Gasteiger partial charge in [-0.2, -0.15) is 0 Å². The fraction of sp³-hybridized carbons (Fsp3) is 0.526. The minimum atomic E-state index is 0.440. The minimum Gasteiger partial charge on any atom is -0.482 e. The molecule has 2 aromatic rings. The number of benzene rings is 1. The molecule has 0 bridgehead atoms. The van der Waals surface area contributed by atoms with Gasteiger partial charge in [0, 0.05) is 26.2 Å². The third-order valence-corrected chi connectivity index (χ3v) is 4.76. The number of nitrogens with one attached hydrogen (secondary N) is 1. The van der Waals surface area contributed by atoms with Crippen molar-refractivity contribution in [1.29, 1.82) is 0 Å². The third kappa shape index (κ3) is 5.80. The summed E-state index contributed by atoms with van der Waals surface area (Å²) in [6, 6.07) is 10.5. The van der Waals surface area contributed by atoms with E-state index >= 15 is 0 Å². The zero-order chi connectivity index (χ0) is 17.2. The number of thiazole rings is 1. The summed E-state index contributed by atoms with van der Waals surface area (Å²) in [4.78, 5) is 4.66. The third-order valence-electron chi connectivity index (χ3n) is 3.79. The summed E-state index contributed by atoms with van der Waals surface area (Å²) in [6.45, 7) is 9.39. The number of rotatable bonds is 11. The second-order valence-corrected chi connectivity index (χ2v) is 6.66. The molecule has 0 radical (unpaired) electrons. The molecule has 1 unspecified atom stereocenters. The van der Waals surface area contributed by atoms with Gasteiger partial charge >= 0.3 is 0 Å². The Hall–Kier alpha value is -1.59. The molecule has 1 heterocycles. The Bertz CT molecular complexity index is 586. The Morgan fingerprint density at radius 3 is 2.67 bits per heavy atom. The van der Waals surface area contributed by atoms with Crippen LogP contribution in [0.5, 0.6) is 5.06 Å². The van der Waals surface area contributed by atoms with Gasteiger partial charge in [-0.05, 0) is 24.8 Å². The van der Waals surface area contributed by atoms with Crippen LogP contribution in [0.4, 0.5) is 5.13 Å². The first-order chi connectivity index (χ1) is 11.7. The quantitative estimate of drug-likeness (QED) is 0.596. The highest BCUT2D eigenvalue weighted by atomic mass is 32.1. The molecule has 1 aromatic heterocycles. The fourth-order valence-corrected chi connectivity index (χ4v) is 3.30. The highest BCUT2D eigenvalue weighted by Crippen LogP contribution is 2.32. The molecule has 2 rings (SSSR count). The van der Waals surface area contributed by atoms with Crippen LogP contribution in [0.15, 0.2) is 30.3 Å². The normalized spacial score (nSPS) is 12.1. The van der Waals surface area contributed by atoms with Gasteiger partial charge in [0.2, 0.25) is 0 Å². The lowest BCUT2D eigenvalue weighted by molar-refractivity contribution is 0.131. The lowest BCUT2D eigenvalue weighted by Gasteiger charge is -2.12. The van der Waals surface area contributed by atoms with Crippen molar-refractivity contribution in [3.05, 3.63) is 41.6 Å². The van der Waals surface area contributed by atoms with Crippen molar-refractivity contribution in [3.8, 4) is 5.06 Å². The minimum absolute atomic E-state index is 0.440. The predicted octanol–water partition coefficient (Wildman–Crippen LogP) is 4.73. The van der Waals surface area contributed by atoms with Crippen LogP contribution in [0.1, 0.15) is 44.4 Å². The van der Waals surface area contributed by atoms with Crippen LogP contribution in [-0.2, 0) is 11.2 Å². The van der Waals surface area contributed by atoms with Crippen LogP contribution < -0.4 is 10.1 Å². The lowest BCUT2D eigenvalue weighted by Crippen LogP contribution is -2.09. The van der Waals surface area contributed by atoms with E-state index < -0.39 is 0 Å². The maximum absolute atomic E-state index is 5.88. The van der Waals surface area contributed by atoms with E-state index in [-0.39, 0.29) is 0 Å². The monoisotopic (exact) mass is 348 g/mol. The molecule has 0 aliphatic carbocycles. The van der Waals surface area contributed by atoms with E-state index in [1.807, 2.05) is 13.0 Å². The smallest absolute Gasteiger partial charge is 0.199 e. The molecule has 0 spiro atoms. The molecule has 0 saturated heterocycles. The molecule has 4 nitrogen and oxygen atoms in total. The van der Waals surface area contributed by atoms with Gasteiger partial charge in [-0.15, -0.1) is 0 Å². The first-order valence-electron chi connectivity index (χ1n) is 8.73. The van der Waals surface area contributed by atoms with Gasteiger partial charge < -0.3 is 14.8 Å². The van der Waals surface area contributed by atoms with E-state index in [0.717, 1.165) is 48.5 Å². The van der Waals surface area contributed by atoms with Crippen molar-refractivity contribution in [2.75, 3.05) is 31.7 Å². The summed E-state index contributed by atoms with van der Waals surface area (Å²) in [5.41, 5.74) is 2.37. The van der Waals surface area contributed by atoms with Gasteiger partial charge in [-0.25, -0.2) is 4.98 Å². The number of aryl methyl sites for hydroxylation is 1. The van der Waals surface area contributed by atoms with Crippen LogP contribution in [-0.4, -0.2) is 31.3 Å². The molecule has 1 N–H and O–H groups in total. The summed E-state index contributed by atoms with van der Waals surface area (Å²) in [5.74, 6) is 0.440. The Morgan fingerprint density at radius 1 is 1.17 bits per heavy atom. The zero-order valence-electron chi connectivity index (χ0n) is 14.9. The first kappa shape index (κ1) is 18.7. The predicted molar refractivity (Wildman–Crippen MR) is 101 cm³/mol. The van der Waals surface area contributed by atoms with E-state index in [1.165, 1.54) is 5.56 Å². The van der Waals surface area contributed by atoms with E-state index in [4.69, 9.17) is 9.47 Å². The molecule has 132 valence electrons. The molecular weight excluding hydrogens is 320 g/mol. The Balaban J connectivity index is 1.84. The van der Waals surface area contributed by atoms with E-state index in [1.54, 1.807) is 11.3 Å². The van der Waals surface area contributed by atoms with Crippen LogP contribution in [0.25, 0.3) is 0 Å². The second-order valence-electron chi connectivity index (χ2n) is 5.70. The molecule has 0 fully saturated rings. The maximum Gasteiger partial charge on any atom is 0.199 e. The molecule has 0 saturated carbocycles. The topological polar surface area (TPSA) is 43.4 Å². The summed E-state index contributed by atoms with van der Waals surface area (Å²) in [6.07, 6.45) is 1.79. The zero-order valence-corrected chi connectivity index (χ0v) is 15.7. The Labute approximate surface area is 149 Å². The largest absolute Gasteiger partial charge is 0.482 e. The number of hydrogen-bond donors (Lipinski definition) is 1. The summed E-state index contributed by atoms with van der Waals surface area (Å²) in [5, 5.41) is 5.32. The lowest BCUT2D eigenvalue weighted by atomic mass is 10.0. The molecule has 1 atom stereocenters. The van der Waals surface area contributed by atoms with Crippen molar-refractivity contribution >= 4 is 16.5 Å². The Morgan fingerprint density at radius 2 is 1.96 bits per heavy atom. The number of ether oxygens (including phenoxy) is 2. The highest BCUT2D eigenvalue weighted by molar-refractivity contribution is 7.17. The van der Waals surface area contributed by atoms with Crippen LogP contribution in [0.3, 0.4) is 0 Å². The maximum atomic E-state index is 5.88. The van der Waals surface area contributed by atoms with E-state index in [0.29, 0.717) is 12.5 Å². The van der Waals surface area contributed by atoms with Crippen molar-refractivity contribution in [1.82, 2.24) is 4.98 Å². The molecular formula is C19H28N2O2S. The standard InChI is InChI=1S/C19H28N2O2S/c1-4-17-18(23-13-9-12-22-5-2)24-19(21-17)20-14-15(3)16-10-7-6-8-11-16/h6-8,10-11,15H,4-5,9,12-14H2,1-3H3,(H,20,21). The van der Waals surface area contributed by atoms with Crippen molar-refractivity contribution in [2.45, 2.75) is 39.5 Å². The Kier molecular flexibility index (Phi) is 8.05. The van der Waals surface area contributed by atoms with Crippen LogP contribution >= 0.6 is 11.3 Å². The fourth-order valence-electron chi connectivity index (χ4n) is 2.36. The number of nitrogens with zero attached hydrogens (tertiary/aromatic N) is 1. The molecule has 0 aliphatic rings. The SMILES string of the molecule is CCOCCCOc1sc(NCC(C)c2ccccc2)nc1CC. The molecule has 0 aliphatic heterocycles. The van der Waals surface area contributed by atoms with Gasteiger partial charge in [0.15, 0.2) is 10.2 Å². The molecule has 5 heteroatoms. The summed E-state index contributed by atoms with van der Waals surface area (Å²) < 4.78 is 11.2. The number of hydrogen-bond acceptors (Lipinski definition) is 5. The van der Waals surface area contributed by atoms with Gasteiger partial charge in [-0.1, -0.05) is 55.5 Å². The van der Waals surface area contributed by atoms with Gasteiger partial charge in [0.1, 0.15) is 0 Å². The summed E-state index contributed by atoms with van der Waals surface area (Å²) in [7, 11) is 0. The van der Waals surface area contributed by atoms with E-state index in [2.05, 4.69) is 48.4 Å². The van der Waals surface area contributed by atoms with Gasteiger partial charge in [0.25, 0.3) is 0 Å². The van der Waals surface area contributed by atoms with Crippen molar-refractivity contribution < 1.29 is 9.47 Å². The number of aromatic nitrogens is 1. The van der Waals surface area contributed by atoms with Crippen LogP contribution in [0, 0.1) is 0 Å². The molecule has 24 heavy (non-hydrogen) atoms. The number of anilines is 1. The first-order valence-corrected chi connectivity index (χ1v) is 9.55. The molecule has 0 amide bonds.